The number of amides is 1. The van der Waals surface area contributed by atoms with Crippen LogP contribution in [-0.4, -0.2) is 45.1 Å². The topological polar surface area (TPSA) is 60.2 Å². The molecule has 0 N–H and O–H groups in total. The fourth-order valence-corrected chi connectivity index (χ4v) is 3.13. The summed E-state index contributed by atoms with van der Waals surface area (Å²) < 4.78 is 7.65. The monoisotopic (exact) mass is 326 g/mol. The molecule has 0 fully saturated rings. The van der Waals surface area contributed by atoms with E-state index in [-0.39, 0.29) is 11.9 Å². The van der Waals surface area contributed by atoms with Crippen LogP contribution in [0.3, 0.4) is 0 Å². The van der Waals surface area contributed by atoms with E-state index in [2.05, 4.69) is 16.5 Å². The Kier molecular flexibility index (Phi) is 5.05. The van der Waals surface area contributed by atoms with Crippen molar-refractivity contribution in [3.05, 3.63) is 60.5 Å². The number of hydrogen-bond acceptors (Lipinski definition) is 4. The number of pyridine rings is 1. The minimum Gasteiger partial charge on any atom is -0.375 e. The molecule has 6 heteroatoms. The standard InChI is InChI=1S/C18H22N4O2/c1-3-10-24-12-16-18-15(20-13-21(18)2)7-9-22(16)17(23)11-14-6-4-5-8-19-14/h3-6,8,13,16H,1,7,9-12H2,2H3. The van der Waals surface area contributed by atoms with E-state index in [1.165, 1.54) is 0 Å². The summed E-state index contributed by atoms with van der Waals surface area (Å²) in [6.45, 7) is 5.23. The van der Waals surface area contributed by atoms with Crippen LogP contribution >= 0.6 is 0 Å². The third-order valence-electron chi connectivity index (χ3n) is 4.23. The summed E-state index contributed by atoms with van der Waals surface area (Å²) in [5.74, 6) is 0.0627. The molecule has 0 spiro atoms. The Labute approximate surface area is 141 Å². The number of ether oxygens (including phenoxy) is 1. The number of hydrogen-bond donors (Lipinski definition) is 0. The molecular weight excluding hydrogens is 304 g/mol. The Balaban J connectivity index is 1.81. The van der Waals surface area contributed by atoms with E-state index in [0.717, 1.165) is 23.5 Å². The van der Waals surface area contributed by atoms with Crippen LogP contribution in [0.1, 0.15) is 23.1 Å². The van der Waals surface area contributed by atoms with Gasteiger partial charge in [0.2, 0.25) is 5.91 Å². The average molecular weight is 326 g/mol. The van der Waals surface area contributed by atoms with Gasteiger partial charge in [-0.05, 0) is 12.1 Å². The molecule has 0 saturated heterocycles. The van der Waals surface area contributed by atoms with E-state index in [1.807, 2.05) is 34.7 Å². The van der Waals surface area contributed by atoms with Crippen molar-refractivity contribution in [1.29, 1.82) is 0 Å². The molecule has 1 aliphatic heterocycles. The zero-order valence-corrected chi connectivity index (χ0v) is 13.9. The van der Waals surface area contributed by atoms with Crippen molar-refractivity contribution in [3.8, 4) is 0 Å². The Morgan fingerprint density at radius 2 is 2.33 bits per heavy atom. The molecule has 0 aromatic carbocycles. The van der Waals surface area contributed by atoms with Crippen LogP contribution in [-0.2, 0) is 29.4 Å². The summed E-state index contributed by atoms with van der Waals surface area (Å²) in [6.07, 6.45) is 6.29. The second kappa shape index (κ2) is 7.40. The van der Waals surface area contributed by atoms with Gasteiger partial charge < -0.3 is 14.2 Å². The highest BCUT2D eigenvalue weighted by Gasteiger charge is 2.33. The molecule has 0 radical (unpaired) electrons. The minimum absolute atomic E-state index is 0.0627. The summed E-state index contributed by atoms with van der Waals surface area (Å²) >= 11 is 0. The van der Waals surface area contributed by atoms with Crippen molar-refractivity contribution in [2.75, 3.05) is 19.8 Å². The van der Waals surface area contributed by atoms with Gasteiger partial charge in [0.15, 0.2) is 0 Å². The molecular formula is C18H22N4O2. The molecule has 0 saturated carbocycles. The van der Waals surface area contributed by atoms with Gasteiger partial charge in [-0.15, -0.1) is 6.58 Å². The predicted octanol–water partition coefficient (Wildman–Crippen LogP) is 1.69. The van der Waals surface area contributed by atoms with Gasteiger partial charge in [0.05, 0.1) is 43.4 Å². The molecule has 6 nitrogen and oxygen atoms in total. The fraction of sp³-hybridized carbons (Fsp3) is 0.389. The number of imidazole rings is 1. The van der Waals surface area contributed by atoms with Crippen molar-refractivity contribution in [3.63, 3.8) is 0 Å². The Bertz CT molecular complexity index is 711. The SMILES string of the molecule is C=CCOCC1c2c(ncn2C)CCN1C(=O)Cc1ccccn1. The normalized spacial score (nSPS) is 16.7. The second-order valence-corrected chi connectivity index (χ2v) is 5.86. The average Bonchev–Trinajstić information content (AvgIpc) is 2.97. The quantitative estimate of drug-likeness (QED) is 0.599. The first-order valence-corrected chi connectivity index (χ1v) is 8.08. The van der Waals surface area contributed by atoms with Crippen LogP contribution in [0.4, 0.5) is 0 Å². The molecule has 1 amide bonds. The molecule has 0 bridgehead atoms. The van der Waals surface area contributed by atoms with Crippen LogP contribution in [0, 0.1) is 0 Å². The van der Waals surface area contributed by atoms with E-state index in [1.54, 1.807) is 18.6 Å². The van der Waals surface area contributed by atoms with Crippen molar-refractivity contribution in [2.24, 2.45) is 7.05 Å². The van der Waals surface area contributed by atoms with Gasteiger partial charge in [0.1, 0.15) is 0 Å². The van der Waals surface area contributed by atoms with Crippen molar-refractivity contribution in [2.45, 2.75) is 18.9 Å². The lowest BCUT2D eigenvalue weighted by Gasteiger charge is -2.36. The summed E-state index contributed by atoms with van der Waals surface area (Å²) in [6, 6.07) is 5.50. The highest BCUT2D eigenvalue weighted by molar-refractivity contribution is 5.79. The first-order valence-electron chi connectivity index (χ1n) is 8.08. The molecule has 1 unspecified atom stereocenters. The van der Waals surface area contributed by atoms with Crippen LogP contribution in [0.5, 0.6) is 0 Å². The zero-order chi connectivity index (χ0) is 16.9. The maximum absolute atomic E-state index is 12.8. The van der Waals surface area contributed by atoms with Crippen molar-refractivity contribution in [1.82, 2.24) is 19.4 Å². The molecule has 1 atom stereocenters. The summed E-state index contributed by atoms with van der Waals surface area (Å²) in [4.78, 5) is 23.4. The number of carbonyl (C=O) groups is 1. The molecule has 3 heterocycles. The smallest absolute Gasteiger partial charge is 0.229 e. The maximum atomic E-state index is 12.8. The van der Waals surface area contributed by atoms with Gasteiger partial charge in [0.25, 0.3) is 0 Å². The number of aromatic nitrogens is 3. The molecule has 24 heavy (non-hydrogen) atoms. The largest absolute Gasteiger partial charge is 0.375 e. The fourth-order valence-electron chi connectivity index (χ4n) is 3.13. The maximum Gasteiger partial charge on any atom is 0.229 e. The lowest BCUT2D eigenvalue weighted by Crippen LogP contribution is -2.43. The van der Waals surface area contributed by atoms with E-state index < -0.39 is 0 Å². The van der Waals surface area contributed by atoms with Crippen LogP contribution in [0.25, 0.3) is 0 Å². The molecule has 3 rings (SSSR count). The van der Waals surface area contributed by atoms with E-state index in [0.29, 0.717) is 26.2 Å². The Morgan fingerprint density at radius 1 is 1.46 bits per heavy atom. The summed E-state index contributed by atoms with van der Waals surface area (Å²) in [5, 5.41) is 0. The third-order valence-corrected chi connectivity index (χ3v) is 4.23. The highest BCUT2D eigenvalue weighted by Crippen LogP contribution is 2.29. The lowest BCUT2D eigenvalue weighted by atomic mass is 10.0. The van der Waals surface area contributed by atoms with Crippen LogP contribution in [0.15, 0.2) is 43.4 Å². The zero-order valence-electron chi connectivity index (χ0n) is 13.9. The lowest BCUT2D eigenvalue weighted by molar-refractivity contribution is -0.135. The number of rotatable bonds is 6. The van der Waals surface area contributed by atoms with E-state index >= 15 is 0 Å². The molecule has 1 aliphatic rings. The van der Waals surface area contributed by atoms with Gasteiger partial charge >= 0.3 is 0 Å². The first-order chi connectivity index (χ1) is 11.7. The third kappa shape index (κ3) is 3.38. The van der Waals surface area contributed by atoms with Crippen molar-refractivity contribution >= 4 is 5.91 Å². The number of nitrogens with zero attached hydrogens (tertiary/aromatic N) is 4. The van der Waals surface area contributed by atoms with Gasteiger partial charge in [-0.1, -0.05) is 12.1 Å². The van der Waals surface area contributed by atoms with Gasteiger partial charge in [-0.2, -0.15) is 0 Å². The second-order valence-electron chi connectivity index (χ2n) is 5.86. The number of carbonyl (C=O) groups excluding carboxylic acids is 1. The Morgan fingerprint density at radius 3 is 3.08 bits per heavy atom. The van der Waals surface area contributed by atoms with E-state index in [9.17, 15) is 4.79 Å². The van der Waals surface area contributed by atoms with Gasteiger partial charge in [-0.25, -0.2) is 4.98 Å². The molecule has 2 aromatic rings. The first kappa shape index (κ1) is 16.4. The summed E-state index contributed by atoms with van der Waals surface area (Å²) in [7, 11) is 1.96. The number of aryl methyl sites for hydroxylation is 1. The van der Waals surface area contributed by atoms with Crippen LogP contribution in [0.2, 0.25) is 0 Å². The predicted molar refractivity (Wildman–Crippen MR) is 90.3 cm³/mol. The van der Waals surface area contributed by atoms with Crippen molar-refractivity contribution < 1.29 is 9.53 Å². The minimum atomic E-state index is -0.127. The van der Waals surface area contributed by atoms with Crippen LogP contribution < -0.4 is 0 Å². The molecule has 126 valence electrons. The molecule has 0 aliphatic carbocycles. The van der Waals surface area contributed by atoms with E-state index in [4.69, 9.17) is 4.74 Å². The Hall–Kier alpha value is -2.47. The number of fused-ring (bicyclic) bond motifs is 1. The molecule has 2 aromatic heterocycles. The highest BCUT2D eigenvalue weighted by atomic mass is 16.5. The van der Waals surface area contributed by atoms with Gasteiger partial charge in [0, 0.05) is 31.9 Å². The summed E-state index contributed by atoms with van der Waals surface area (Å²) in [5.41, 5.74) is 2.88. The van der Waals surface area contributed by atoms with Gasteiger partial charge in [-0.3, -0.25) is 9.78 Å².